The summed E-state index contributed by atoms with van der Waals surface area (Å²) in [6.45, 7) is 4.72. The van der Waals surface area contributed by atoms with Gasteiger partial charge in [0.25, 0.3) is 10.0 Å². The Kier molecular flexibility index (Phi) is 6.81. The number of hydrogen-bond acceptors (Lipinski definition) is 5. The van der Waals surface area contributed by atoms with Crippen LogP contribution in [0.2, 0.25) is 0 Å². The summed E-state index contributed by atoms with van der Waals surface area (Å²) in [6.07, 6.45) is 4.93. The minimum absolute atomic E-state index is 0.109. The average molecular weight is 495 g/mol. The number of fused-ring (bicyclic) bond motifs is 1. The first-order valence-electron chi connectivity index (χ1n) is 12.3. The molecule has 3 atom stereocenters. The summed E-state index contributed by atoms with van der Waals surface area (Å²) in [7, 11) is -0.108. The molecule has 0 radical (unpaired) electrons. The summed E-state index contributed by atoms with van der Waals surface area (Å²) in [6, 6.07) is 17.6. The highest BCUT2D eigenvalue weighted by molar-refractivity contribution is 7.89. The van der Waals surface area contributed by atoms with Crippen molar-refractivity contribution in [3.63, 3.8) is 0 Å². The summed E-state index contributed by atoms with van der Waals surface area (Å²) in [5.74, 6) is 0.209. The smallest absolute Gasteiger partial charge is 0.262 e. The molecule has 2 aliphatic rings. The fourth-order valence-electron chi connectivity index (χ4n) is 5.71. The van der Waals surface area contributed by atoms with Crippen LogP contribution in [-0.2, 0) is 21.8 Å². The van der Waals surface area contributed by atoms with Crippen molar-refractivity contribution < 1.29 is 13.2 Å². The molecule has 0 amide bonds. The summed E-state index contributed by atoms with van der Waals surface area (Å²) in [4.78, 5) is 6.59. The maximum absolute atomic E-state index is 13.4. The van der Waals surface area contributed by atoms with Crippen molar-refractivity contribution in [1.82, 2.24) is 18.8 Å². The van der Waals surface area contributed by atoms with E-state index in [0.29, 0.717) is 19.7 Å². The van der Waals surface area contributed by atoms with Crippen LogP contribution in [0.1, 0.15) is 29.9 Å². The van der Waals surface area contributed by atoms with Gasteiger partial charge >= 0.3 is 0 Å². The predicted octanol–water partition coefficient (Wildman–Crippen LogP) is 3.66. The van der Waals surface area contributed by atoms with E-state index in [9.17, 15) is 8.42 Å². The third-order valence-electron chi connectivity index (χ3n) is 7.52. The van der Waals surface area contributed by atoms with Crippen molar-refractivity contribution in [1.29, 1.82) is 0 Å². The van der Waals surface area contributed by atoms with E-state index in [0.717, 1.165) is 19.4 Å². The zero-order chi connectivity index (χ0) is 24.6. The summed E-state index contributed by atoms with van der Waals surface area (Å²) in [5, 5.41) is 0.124. The Labute approximate surface area is 208 Å². The Balaban J connectivity index is 1.44. The van der Waals surface area contributed by atoms with Crippen LogP contribution in [0.25, 0.3) is 11.1 Å². The molecular weight excluding hydrogens is 460 g/mol. The lowest BCUT2D eigenvalue weighted by Gasteiger charge is -2.57. The van der Waals surface area contributed by atoms with Gasteiger partial charge in [-0.15, -0.1) is 0 Å². The average Bonchev–Trinajstić information content (AvgIpc) is 3.28. The van der Waals surface area contributed by atoms with Gasteiger partial charge in [-0.1, -0.05) is 48.5 Å². The molecule has 8 heteroatoms. The lowest BCUT2D eigenvalue weighted by atomic mass is 9.74. The number of hydrogen-bond donors (Lipinski definition) is 0. The van der Waals surface area contributed by atoms with E-state index in [-0.39, 0.29) is 23.0 Å². The van der Waals surface area contributed by atoms with Gasteiger partial charge in [0.1, 0.15) is 0 Å². The van der Waals surface area contributed by atoms with Gasteiger partial charge in [-0.05, 0) is 48.6 Å². The largest absolute Gasteiger partial charge is 0.383 e. The lowest BCUT2D eigenvalue weighted by Crippen LogP contribution is -2.68. The molecule has 3 aromatic rings. The molecule has 0 unspecified atom stereocenters. The van der Waals surface area contributed by atoms with Crippen LogP contribution in [0.4, 0.5) is 0 Å². The molecule has 0 saturated carbocycles. The molecule has 0 aliphatic carbocycles. The van der Waals surface area contributed by atoms with Gasteiger partial charge in [-0.2, -0.15) is 4.31 Å². The minimum atomic E-state index is -3.64. The summed E-state index contributed by atoms with van der Waals surface area (Å²) >= 11 is 0. The van der Waals surface area contributed by atoms with E-state index in [4.69, 9.17) is 4.74 Å². The van der Waals surface area contributed by atoms with Crippen LogP contribution in [0.15, 0.2) is 66.1 Å². The van der Waals surface area contributed by atoms with E-state index in [1.165, 1.54) is 22.3 Å². The molecule has 2 saturated heterocycles. The monoisotopic (exact) mass is 494 g/mol. The van der Waals surface area contributed by atoms with Crippen LogP contribution in [0, 0.1) is 6.92 Å². The minimum Gasteiger partial charge on any atom is -0.383 e. The first-order valence-corrected chi connectivity index (χ1v) is 13.7. The SMILES string of the molecule is COC[C@@H]1[C@H](c2ccc(-c3ccccc3C)cc2)[C@@H]2CN(S(=O)(=O)c3cn(C)cn3)CCCCN12. The topological polar surface area (TPSA) is 67.7 Å². The molecule has 1 aromatic heterocycles. The zero-order valence-corrected chi connectivity index (χ0v) is 21.5. The Morgan fingerprint density at radius 1 is 1.06 bits per heavy atom. The van der Waals surface area contributed by atoms with Crippen LogP contribution in [-0.4, -0.2) is 72.6 Å². The molecule has 2 fully saturated rings. The van der Waals surface area contributed by atoms with Crippen molar-refractivity contribution in [3.8, 4) is 11.1 Å². The molecule has 5 rings (SSSR count). The Morgan fingerprint density at radius 2 is 1.80 bits per heavy atom. The van der Waals surface area contributed by atoms with Crippen molar-refractivity contribution in [3.05, 3.63) is 72.2 Å². The molecule has 3 heterocycles. The maximum Gasteiger partial charge on any atom is 0.262 e. The molecular formula is C27H34N4O3S. The van der Waals surface area contributed by atoms with Crippen molar-refractivity contribution in [2.45, 2.75) is 42.8 Å². The molecule has 35 heavy (non-hydrogen) atoms. The van der Waals surface area contributed by atoms with Crippen LogP contribution in [0.3, 0.4) is 0 Å². The molecule has 2 aliphatic heterocycles. The number of ether oxygens (including phenoxy) is 1. The standard InChI is InChI=1S/C27H34N4O3S/c1-20-8-4-5-9-23(20)21-10-12-22(13-11-21)27-24-16-30(35(32,33)26-17-29(2)19-28-26)14-6-7-15-31(24)25(27)18-34-3/h4-5,8-13,17,19,24-25,27H,6-7,14-16,18H2,1-3H3/t24-,25+,27+/m0/s1. The second-order valence-corrected chi connectivity index (χ2v) is 11.6. The zero-order valence-electron chi connectivity index (χ0n) is 20.7. The van der Waals surface area contributed by atoms with Gasteiger partial charge in [0.2, 0.25) is 0 Å². The molecule has 186 valence electrons. The number of aryl methyl sites for hydroxylation is 2. The summed E-state index contributed by atoms with van der Waals surface area (Å²) < 4.78 is 35.8. The highest BCUT2D eigenvalue weighted by Crippen LogP contribution is 2.43. The van der Waals surface area contributed by atoms with E-state index >= 15 is 0 Å². The van der Waals surface area contributed by atoms with Crippen molar-refractivity contribution in [2.24, 2.45) is 7.05 Å². The highest BCUT2D eigenvalue weighted by atomic mass is 32.2. The number of aromatic nitrogens is 2. The van der Waals surface area contributed by atoms with Gasteiger partial charge in [0, 0.05) is 51.4 Å². The first kappa shape index (κ1) is 24.2. The van der Waals surface area contributed by atoms with Gasteiger partial charge < -0.3 is 9.30 Å². The quantitative estimate of drug-likeness (QED) is 0.523. The van der Waals surface area contributed by atoms with Gasteiger partial charge in [-0.3, -0.25) is 4.90 Å². The highest BCUT2D eigenvalue weighted by Gasteiger charge is 2.50. The number of imidazole rings is 1. The third kappa shape index (κ3) is 4.56. The number of methoxy groups -OCH3 is 1. The fourth-order valence-corrected chi connectivity index (χ4v) is 7.18. The molecule has 7 nitrogen and oxygen atoms in total. The van der Waals surface area contributed by atoms with Crippen molar-refractivity contribution >= 4 is 10.0 Å². The molecule has 0 N–H and O–H groups in total. The maximum atomic E-state index is 13.4. The van der Waals surface area contributed by atoms with Crippen LogP contribution >= 0.6 is 0 Å². The summed E-state index contributed by atoms with van der Waals surface area (Å²) in [5.41, 5.74) is 4.92. The van der Waals surface area contributed by atoms with Crippen molar-refractivity contribution in [2.75, 3.05) is 33.4 Å². The van der Waals surface area contributed by atoms with Crippen LogP contribution < -0.4 is 0 Å². The van der Waals surface area contributed by atoms with Gasteiger partial charge in [-0.25, -0.2) is 13.4 Å². The Bertz CT molecular complexity index is 1270. The first-order chi connectivity index (χ1) is 16.9. The van der Waals surface area contributed by atoms with E-state index in [1.54, 1.807) is 35.6 Å². The molecule has 0 spiro atoms. The van der Waals surface area contributed by atoms with Crippen LogP contribution in [0.5, 0.6) is 0 Å². The molecule has 0 bridgehead atoms. The fraction of sp³-hybridized carbons (Fsp3) is 0.444. The third-order valence-corrected chi connectivity index (χ3v) is 9.27. The van der Waals surface area contributed by atoms with E-state index < -0.39 is 10.0 Å². The molecule has 2 aromatic carbocycles. The lowest BCUT2D eigenvalue weighted by molar-refractivity contribution is -0.0635. The number of nitrogens with zero attached hydrogens (tertiary/aromatic N) is 4. The van der Waals surface area contributed by atoms with E-state index in [2.05, 4.69) is 65.3 Å². The number of sulfonamides is 1. The van der Waals surface area contributed by atoms with Gasteiger partial charge in [0.05, 0.1) is 12.9 Å². The Morgan fingerprint density at radius 3 is 2.49 bits per heavy atom. The second-order valence-electron chi connectivity index (χ2n) is 9.74. The second kappa shape index (κ2) is 9.85. The normalized spacial score (nSPS) is 23.8. The number of rotatable bonds is 6. The van der Waals surface area contributed by atoms with E-state index in [1.807, 2.05) is 0 Å². The Hall–Kier alpha value is -2.52. The number of benzene rings is 2. The van der Waals surface area contributed by atoms with Gasteiger partial charge in [0.15, 0.2) is 5.03 Å². The predicted molar refractivity (Wildman–Crippen MR) is 137 cm³/mol.